The molecule has 1 aliphatic heterocycles. The summed E-state index contributed by atoms with van der Waals surface area (Å²) in [5.41, 5.74) is 2.03. The zero-order valence-corrected chi connectivity index (χ0v) is 13.4. The van der Waals surface area contributed by atoms with E-state index in [-0.39, 0.29) is 12.4 Å². The van der Waals surface area contributed by atoms with Crippen molar-refractivity contribution >= 4 is 0 Å². The number of rotatable bonds is 9. The quantitative estimate of drug-likeness (QED) is 0.542. The van der Waals surface area contributed by atoms with Gasteiger partial charge in [-0.05, 0) is 29.8 Å². The van der Waals surface area contributed by atoms with Crippen molar-refractivity contribution in [2.75, 3.05) is 26.8 Å². The number of nitrogens with one attached hydrogen (secondary N) is 2. The van der Waals surface area contributed by atoms with Crippen molar-refractivity contribution in [2.24, 2.45) is 0 Å². The summed E-state index contributed by atoms with van der Waals surface area (Å²) >= 11 is 0. The molecule has 0 amide bonds. The monoisotopic (exact) mass is 318 g/mol. The Balaban J connectivity index is 1.61. The maximum absolute atomic E-state index is 12.8. The molecule has 2 N–H and O–H groups in total. The average Bonchev–Trinajstić information content (AvgIpc) is 2.58. The molecule has 0 unspecified atom stereocenters. The van der Waals surface area contributed by atoms with Gasteiger partial charge in [-0.25, -0.2) is 4.39 Å². The van der Waals surface area contributed by atoms with Crippen LogP contribution in [0, 0.1) is 0 Å². The number of ether oxygens (including phenoxy) is 2. The Morgan fingerprint density at radius 3 is 3.00 bits per heavy atom. The Morgan fingerprint density at radius 2 is 2.26 bits per heavy atom. The summed E-state index contributed by atoms with van der Waals surface area (Å²) in [5, 5.41) is 6.29. The van der Waals surface area contributed by atoms with Crippen LogP contribution in [0.3, 0.4) is 0 Å². The molecular weight excluding hydrogens is 295 g/mol. The fraction of sp³-hybridized carbons (Fsp3) is 0.333. The van der Waals surface area contributed by atoms with E-state index in [2.05, 4.69) is 23.3 Å². The highest BCUT2D eigenvalue weighted by molar-refractivity contribution is 5.28. The van der Waals surface area contributed by atoms with Gasteiger partial charge in [0.15, 0.2) is 0 Å². The number of halogens is 1. The van der Waals surface area contributed by atoms with Gasteiger partial charge in [0.2, 0.25) is 0 Å². The lowest BCUT2D eigenvalue weighted by Gasteiger charge is -2.15. The fourth-order valence-electron chi connectivity index (χ4n) is 2.10. The molecule has 0 aliphatic carbocycles. The van der Waals surface area contributed by atoms with E-state index in [4.69, 9.17) is 9.47 Å². The number of benzene rings is 1. The molecule has 1 aromatic carbocycles. The van der Waals surface area contributed by atoms with Gasteiger partial charge < -0.3 is 20.1 Å². The zero-order chi connectivity index (χ0) is 16.5. The second-order valence-corrected chi connectivity index (χ2v) is 5.26. The SMILES string of the molecule is C=C(CCNCc1cccc(OC)c1)OCC1=CC=C(F)CN1. The molecule has 0 saturated heterocycles. The summed E-state index contributed by atoms with van der Waals surface area (Å²) in [6.07, 6.45) is 3.86. The maximum atomic E-state index is 12.8. The van der Waals surface area contributed by atoms with Gasteiger partial charge >= 0.3 is 0 Å². The number of methoxy groups -OCH3 is 1. The minimum atomic E-state index is -0.172. The van der Waals surface area contributed by atoms with Gasteiger partial charge in [-0.15, -0.1) is 0 Å². The third kappa shape index (κ3) is 6.16. The van der Waals surface area contributed by atoms with Gasteiger partial charge in [0.1, 0.15) is 18.2 Å². The van der Waals surface area contributed by atoms with Crippen molar-refractivity contribution in [3.63, 3.8) is 0 Å². The Kier molecular flexibility index (Phi) is 6.69. The van der Waals surface area contributed by atoms with Crippen LogP contribution in [-0.2, 0) is 11.3 Å². The van der Waals surface area contributed by atoms with Crippen LogP contribution in [0.4, 0.5) is 4.39 Å². The van der Waals surface area contributed by atoms with Crippen molar-refractivity contribution in [3.05, 3.63) is 65.8 Å². The number of hydrogen-bond acceptors (Lipinski definition) is 4. The molecule has 5 heteroatoms. The summed E-state index contributed by atoms with van der Waals surface area (Å²) in [7, 11) is 1.66. The molecule has 0 spiro atoms. The first-order valence-electron chi connectivity index (χ1n) is 7.60. The maximum Gasteiger partial charge on any atom is 0.127 e. The van der Waals surface area contributed by atoms with Gasteiger partial charge in [0.25, 0.3) is 0 Å². The normalized spacial score (nSPS) is 13.7. The second-order valence-electron chi connectivity index (χ2n) is 5.26. The van der Waals surface area contributed by atoms with E-state index in [0.29, 0.717) is 12.4 Å². The van der Waals surface area contributed by atoms with Gasteiger partial charge in [0, 0.05) is 25.2 Å². The number of dihydropyridines is 1. The largest absolute Gasteiger partial charge is 0.497 e. The van der Waals surface area contributed by atoms with Crippen molar-refractivity contribution < 1.29 is 13.9 Å². The molecule has 23 heavy (non-hydrogen) atoms. The lowest BCUT2D eigenvalue weighted by Crippen LogP contribution is -2.22. The van der Waals surface area contributed by atoms with E-state index < -0.39 is 0 Å². The van der Waals surface area contributed by atoms with Crippen LogP contribution in [0.1, 0.15) is 12.0 Å². The van der Waals surface area contributed by atoms with Crippen molar-refractivity contribution in [3.8, 4) is 5.75 Å². The minimum absolute atomic E-state index is 0.172. The van der Waals surface area contributed by atoms with Crippen LogP contribution in [0.15, 0.2) is 60.3 Å². The molecule has 2 rings (SSSR count). The molecule has 0 saturated carbocycles. The number of allylic oxidation sites excluding steroid dienone is 2. The van der Waals surface area contributed by atoms with Crippen molar-refractivity contribution in [2.45, 2.75) is 13.0 Å². The molecule has 1 aliphatic rings. The molecule has 0 fully saturated rings. The van der Waals surface area contributed by atoms with Crippen molar-refractivity contribution in [1.82, 2.24) is 10.6 Å². The molecule has 4 nitrogen and oxygen atoms in total. The molecule has 1 aromatic rings. The third-order valence-corrected chi connectivity index (χ3v) is 3.43. The van der Waals surface area contributed by atoms with Gasteiger partial charge in [0.05, 0.1) is 19.4 Å². The fourth-order valence-corrected chi connectivity index (χ4v) is 2.10. The van der Waals surface area contributed by atoms with E-state index >= 15 is 0 Å². The smallest absolute Gasteiger partial charge is 0.127 e. The van der Waals surface area contributed by atoms with Crippen LogP contribution in [-0.4, -0.2) is 26.8 Å². The Hall–Kier alpha value is -2.27. The average molecular weight is 318 g/mol. The molecule has 0 atom stereocenters. The van der Waals surface area contributed by atoms with Gasteiger partial charge in [-0.3, -0.25) is 0 Å². The van der Waals surface area contributed by atoms with Crippen LogP contribution < -0.4 is 15.4 Å². The predicted octanol–water partition coefficient (Wildman–Crippen LogP) is 3.05. The summed E-state index contributed by atoms with van der Waals surface area (Å²) in [6.45, 7) is 6.05. The first-order chi connectivity index (χ1) is 11.2. The van der Waals surface area contributed by atoms with Crippen LogP contribution in [0.25, 0.3) is 0 Å². The van der Waals surface area contributed by atoms with E-state index in [1.165, 1.54) is 11.6 Å². The van der Waals surface area contributed by atoms with Crippen molar-refractivity contribution in [1.29, 1.82) is 0 Å². The van der Waals surface area contributed by atoms with E-state index in [1.807, 2.05) is 18.2 Å². The highest BCUT2D eigenvalue weighted by Gasteiger charge is 2.05. The highest BCUT2D eigenvalue weighted by Crippen LogP contribution is 2.12. The first kappa shape index (κ1) is 17.1. The molecule has 0 radical (unpaired) electrons. The van der Waals surface area contributed by atoms with Gasteiger partial charge in [-0.2, -0.15) is 0 Å². The first-order valence-corrected chi connectivity index (χ1v) is 7.60. The lowest BCUT2D eigenvalue weighted by molar-refractivity contribution is 0.223. The zero-order valence-electron chi connectivity index (χ0n) is 13.4. The second kappa shape index (κ2) is 9.00. The van der Waals surface area contributed by atoms with E-state index in [0.717, 1.165) is 31.0 Å². The molecule has 0 bridgehead atoms. The van der Waals surface area contributed by atoms with Crippen LogP contribution in [0.5, 0.6) is 5.75 Å². The Bertz CT molecular complexity index is 596. The number of hydrogen-bond donors (Lipinski definition) is 2. The van der Waals surface area contributed by atoms with E-state index in [9.17, 15) is 4.39 Å². The van der Waals surface area contributed by atoms with Gasteiger partial charge in [-0.1, -0.05) is 18.7 Å². The summed E-state index contributed by atoms with van der Waals surface area (Å²) in [5.74, 6) is 1.39. The van der Waals surface area contributed by atoms with E-state index in [1.54, 1.807) is 13.2 Å². The molecule has 124 valence electrons. The topological polar surface area (TPSA) is 42.5 Å². The summed E-state index contributed by atoms with van der Waals surface area (Å²) in [4.78, 5) is 0. The Morgan fingerprint density at radius 1 is 1.39 bits per heavy atom. The predicted molar refractivity (Wildman–Crippen MR) is 89.7 cm³/mol. The molecular formula is C18H23FN2O2. The standard InChI is InChI=1S/C18H23FN2O2/c1-14(23-13-17-7-6-16(19)12-21-17)8-9-20-11-15-4-3-5-18(10-15)22-2/h3-7,10,20-21H,1,8-9,11-13H2,2H3. The Labute approximate surface area is 136 Å². The molecule has 0 aromatic heterocycles. The highest BCUT2D eigenvalue weighted by atomic mass is 19.1. The van der Waals surface area contributed by atoms with Crippen LogP contribution >= 0.6 is 0 Å². The minimum Gasteiger partial charge on any atom is -0.497 e. The summed E-state index contributed by atoms with van der Waals surface area (Å²) in [6, 6.07) is 7.95. The van der Waals surface area contributed by atoms with Crippen LogP contribution in [0.2, 0.25) is 0 Å². The lowest BCUT2D eigenvalue weighted by atomic mass is 10.2. The molecule has 1 heterocycles. The summed E-state index contributed by atoms with van der Waals surface area (Å²) < 4.78 is 23.6. The third-order valence-electron chi connectivity index (χ3n) is 3.43.